The lowest BCUT2D eigenvalue weighted by Crippen LogP contribution is -2.44. The maximum atomic E-state index is 12.2. The Morgan fingerprint density at radius 1 is 1.50 bits per heavy atom. The highest BCUT2D eigenvalue weighted by Crippen LogP contribution is 2.18. The van der Waals surface area contributed by atoms with E-state index in [-0.39, 0.29) is 23.3 Å². The van der Waals surface area contributed by atoms with Crippen molar-refractivity contribution in [2.24, 2.45) is 5.92 Å². The number of nitrogens with zero attached hydrogens (tertiary/aromatic N) is 2. The molecule has 2 heterocycles. The van der Waals surface area contributed by atoms with E-state index in [0.717, 1.165) is 12.5 Å². The fraction of sp³-hybridized carbons (Fsp3) is 0.500. The molecule has 0 aromatic carbocycles. The van der Waals surface area contributed by atoms with Gasteiger partial charge in [0.2, 0.25) is 11.7 Å². The highest BCUT2D eigenvalue weighted by molar-refractivity contribution is 5.95. The molecule has 0 saturated carbocycles. The van der Waals surface area contributed by atoms with Crippen molar-refractivity contribution in [2.45, 2.75) is 12.8 Å². The zero-order valence-electron chi connectivity index (χ0n) is 11.0. The summed E-state index contributed by atoms with van der Waals surface area (Å²) in [5.74, 6) is -2.43. The maximum Gasteiger partial charge on any atom is 0.374 e. The molecule has 1 aromatic heterocycles. The number of hydrogen-bond acceptors (Lipinski definition) is 5. The molecule has 1 aliphatic rings. The molecule has 1 atom stereocenters. The van der Waals surface area contributed by atoms with Crippen molar-refractivity contribution < 1.29 is 24.0 Å². The predicted molar refractivity (Wildman–Crippen MR) is 66.2 cm³/mol. The zero-order valence-corrected chi connectivity index (χ0v) is 11.0. The lowest BCUT2D eigenvalue weighted by atomic mass is 9.97. The van der Waals surface area contributed by atoms with Gasteiger partial charge in [-0.25, -0.2) is 4.79 Å². The first-order valence-electron chi connectivity index (χ1n) is 6.23. The number of carbonyl (C=O) groups is 3. The molecule has 0 aliphatic carbocycles. The van der Waals surface area contributed by atoms with Gasteiger partial charge in [-0.2, -0.15) is 0 Å². The standard InChI is InChI=1S/C12H15N3O5/c1-13-10(16)7-3-2-4-15(6-7)11(17)8-5-9(12(18)19)20-14-8/h5,7H,2-4,6H2,1H3,(H,13,16)(H,18,19). The van der Waals surface area contributed by atoms with E-state index in [2.05, 4.69) is 15.0 Å². The highest BCUT2D eigenvalue weighted by Gasteiger charge is 2.30. The van der Waals surface area contributed by atoms with E-state index in [1.54, 1.807) is 7.05 Å². The monoisotopic (exact) mass is 281 g/mol. The van der Waals surface area contributed by atoms with Gasteiger partial charge in [-0.1, -0.05) is 5.16 Å². The third-order valence-corrected chi connectivity index (χ3v) is 3.27. The summed E-state index contributed by atoms with van der Waals surface area (Å²) >= 11 is 0. The fourth-order valence-electron chi connectivity index (χ4n) is 2.22. The number of carboxylic acid groups (broad SMARTS) is 1. The van der Waals surface area contributed by atoms with Gasteiger partial charge in [-0.3, -0.25) is 9.59 Å². The largest absolute Gasteiger partial charge is 0.475 e. The second-order valence-electron chi connectivity index (χ2n) is 4.59. The Kier molecular flexibility index (Phi) is 4.02. The number of aromatic nitrogens is 1. The second kappa shape index (κ2) is 5.72. The fourth-order valence-corrected chi connectivity index (χ4v) is 2.22. The molecule has 1 fully saturated rings. The molecule has 0 radical (unpaired) electrons. The summed E-state index contributed by atoms with van der Waals surface area (Å²) in [6, 6.07) is 1.09. The average molecular weight is 281 g/mol. The number of rotatable bonds is 3. The van der Waals surface area contributed by atoms with Crippen LogP contribution in [0.15, 0.2) is 10.6 Å². The third-order valence-electron chi connectivity index (χ3n) is 3.27. The van der Waals surface area contributed by atoms with Gasteiger partial charge >= 0.3 is 5.97 Å². The van der Waals surface area contributed by atoms with Crippen LogP contribution in [-0.2, 0) is 4.79 Å². The molecule has 1 unspecified atom stereocenters. The first-order chi connectivity index (χ1) is 9.52. The molecular weight excluding hydrogens is 266 g/mol. The number of hydrogen-bond donors (Lipinski definition) is 2. The van der Waals surface area contributed by atoms with Crippen LogP contribution in [0.25, 0.3) is 0 Å². The summed E-state index contributed by atoms with van der Waals surface area (Å²) in [6.07, 6.45) is 1.44. The quantitative estimate of drug-likeness (QED) is 0.804. The van der Waals surface area contributed by atoms with Crippen LogP contribution < -0.4 is 5.32 Å². The van der Waals surface area contributed by atoms with Gasteiger partial charge < -0.3 is 19.8 Å². The average Bonchev–Trinajstić information content (AvgIpc) is 2.95. The van der Waals surface area contributed by atoms with Crippen LogP contribution in [-0.4, -0.2) is 53.1 Å². The number of piperidine rings is 1. The summed E-state index contributed by atoms with van der Waals surface area (Å²) in [5.41, 5.74) is -0.0556. The van der Waals surface area contributed by atoms with E-state index in [0.29, 0.717) is 19.5 Å². The molecule has 2 rings (SSSR count). The number of amides is 2. The number of aromatic carboxylic acids is 1. The van der Waals surface area contributed by atoms with Gasteiger partial charge in [0, 0.05) is 26.2 Å². The number of likely N-dealkylation sites (tertiary alicyclic amines) is 1. The zero-order chi connectivity index (χ0) is 14.7. The number of nitrogens with one attached hydrogen (secondary N) is 1. The van der Waals surface area contributed by atoms with Gasteiger partial charge in [-0.15, -0.1) is 0 Å². The third kappa shape index (κ3) is 2.79. The summed E-state index contributed by atoms with van der Waals surface area (Å²) < 4.78 is 4.56. The maximum absolute atomic E-state index is 12.2. The molecule has 1 saturated heterocycles. The van der Waals surface area contributed by atoms with Crippen molar-refractivity contribution in [2.75, 3.05) is 20.1 Å². The van der Waals surface area contributed by atoms with E-state index in [1.165, 1.54) is 4.90 Å². The molecular formula is C12H15N3O5. The van der Waals surface area contributed by atoms with Gasteiger partial charge in [0.25, 0.3) is 5.91 Å². The van der Waals surface area contributed by atoms with Crippen LogP contribution >= 0.6 is 0 Å². The molecule has 1 aromatic rings. The lowest BCUT2D eigenvalue weighted by molar-refractivity contribution is -0.125. The summed E-state index contributed by atoms with van der Waals surface area (Å²) in [7, 11) is 1.56. The Morgan fingerprint density at radius 2 is 2.25 bits per heavy atom. The molecule has 2 N–H and O–H groups in total. The normalized spacial score (nSPS) is 18.6. The van der Waals surface area contributed by atoms with Crippen molar-refractivity contribution in [1.82, 2.24) is 15.4 Å². The van der Waals surface area contributed by atoms with E-state index in [1.807, 2.05) is 0 Å². The van der Waals surface area contributed by atoms with E-state index < -0.39 is 11.9 Å². The van der Waals surface area contributed by atoms with Gasteiger partial charge in [0.1, 0.15) is 0 Å². The van der Waals surface area contributed by atoms with Crippen molar-refractivity contribution in [3.63, 3.8) is 0 Å². The molecule has 2 amide bonds. The number of carbonyl (C=O) groups excluding carboxylic acids is 2. The molecule has 8 heteroatoms. The first kappa shape index (κ1) is 14.0. The van der Waals surface area contributed by atoms with Gasteiger partial charge in [0.05, 0.1) is 5.92 Å². The smallest absolute Gasteiger partial charge is 0.374 e. The van der Waals surface area contributed by atoms with Crippen molar-refractivity contribution in [3.8, 4) is 0 Å². The molecule has 8 nitrogen and oxygen atoms in total. The Balaban J connectivity index is 2.08. The minimum absolute atomic E-state index is 0.0556. The van der Waals surface area contributed by atoms with Crippen molar-refractivity contribution >= 4 is 17.8 Å². The van der Waals surface area contributed by atoms with E-state index in [9.17, 15) is 14.4 Å². The highest BCUT2D eigenvalue weighted by atomic mass is 16.5. The summed E-state index contributed by atoms with van der Waals surface area (Å²) in [4.78, 5) is 35.9. The van der Waals surface area contributed by atoms with Crippen LogP contribution in [0.5, 0.6) is 0 Å². The molecule has 20 heavy (non-hydrogen) atoms. The van der Waals surface area contributed by atoms with E-state index in [4.69, 9.17) is 5.11 Å². The minimum atomic E-state index is -1.28. The predicted octanol–water partition coefficient (Wildman–Crippen LogP) is -0.0290. The van der Waals surface area contributed by atoms with Gasteiger partial charge in [-0.05, 0) is 12.8 Å². The molecule has 108 valence electrons. The number of carboxylic acids is 1. The topological polar surface area (TPSA) is 113 Å². The Bertz CT molecular complexity index is 539. The van der Waals surface area contributed by atoms with Crippen LogP contribution in [0.2, 0.25) is 0 Å². The van der Waals surface area contributed by atoms with Gasteiger partial charge in [0.15, 0.2) is 5.69 Å². The minimum Gasteiger partial charge on any atom is -0.475 e. The molecule has 0 spiro atoms. The van der Waals surface area contributed by atoms with E-state index >= 15 is 0 Å². The summed E-state index contributed by atoms with van der Waals surface area (Å²) in [5, 5.41) is 14.7. The Labute approximate surface area is 114 Å². The lowest BCUT2D eigenvalue weighted by Gasteiger charge is -2.31. The Hall–Kier alpha value is -2.38. The van der Waals surface area contributed by atoms with Crippen LogP contribution in [0.1, 0.15) is 33.9 Å². The Morgan fingerprint density at radius 3 is 2.85 bits per heavy atom. The van der Waals surface area contributed by atoms with Crippen molar-refractivity contribution in [1.29, 1.82) is 0 Å². The SMILES string of the molecule is CNC(=O)C1CCCN(C(=O)c2cc(C(=O)O)on2)C1. The van der Waals surface area contributed by atoms with Crippen LogP contribution in [0.4, 0.5) is 0 Å². The summed E-state index contributed by atoms with van der Waals surface area (Å²) in [6.45, 7) is 0.815. The van der Waals surface area contributed by atoms with Crippen molar-refractivity contribution in [3.05, 3.63) is 17.5 Å². The molecule has 1 aliphatic heterocycles. The second-order valence-corrected chi connectivity index (χ2v) is 4.59. The van der Waals surface area contributed by atoms with Crippen LogP contribution in [0, 0.1) is 5.92 Å². The van der Waals surface area contributed by atoms with Crippen LogP contribution in [0.3, 0.4) is 0 Å². The molecule has 0 bridgehead atoms. The first-order valence-corrected chi connectivity index (χ1v) is 6.23.